The molecule has 2 amide bonds. The largest absolute Gasteiger partial charge is 0.356 e. The summed E-state index contributed by atoms with van der Waals surface area (Å²) in [7, 11) is 0. The first kappa shape index (κ1) is 15.7. The quantitative estimate of drug-likeness (QED) is 0.526. The predicted molar refractivity (Wildman–Crippen MR) is 77.2 cm³/mol. The van der Waals surface area contributed by atoms with Crippen LogP contribution in [0.1, 0.15) is 31.4 Å². The van der Waals surface area contributed by atoms with Crippen LogP contribution >= 0.6 is 0 Å². The normalized spacial score (nSPS) is 10.9. The van der Waals surface area contributed by atoms with Crippen molar-refractivity contribution < 1.29 is 9.59 Å². The molecular formula is C15H19N3O2. The van der Waals surface area contributed by atoms with Crippen LogP contribution in [-0.4, -0.2) is 18.4 Å². The molecule has 5 heteroatoms. The Balaban J connectivity index is 2.26. The van der Waals surface area contributed by atoms with E-state index in [0.717, 1.165) is 5.56 Å². The molecule has 0 aromatic heterocycles. The van der Waals surface area contributed by atoms with Gasteiger partial charge in [-0.25, -0.2) is 0 Å². The van der Waals surface area contributed by atoms with Crippen molar-refractivity contribution in [1.82, 2.24) is 10.6 Å². The highest BCUT2D eigenvalue weighted by molar-refractivity contribution is 5.80. The molecule has 1 aromatic carbocycles. The maximum absolute atomic E-state index is 11.7. The molecule has 0 aliphatic carbocycles. The molecule has 1 atom stereocenters. The number of carbonyl (C=O) groups excluding carboxylic acids is 2. The molecule has 1 rings (SSSR count). The van der Waals surface area contributed by atoms with Gasteiger partial charge >= 0.3 is 0 Å². The predicted octanol–water partition coefficient (Wildman–Crippen LogP) is 0.680. The average Bonchev–Trinajstić information content (AvgIpc) is 2.46. The van der Waals surface area contributed by atoms with Crippen molar-refractivity contribution in [1.29, 1.82) is 0 Å². The number of hydrogen-bond acceptors (Lipinski definition) is 3. The van der Waals surface area contributed by atoms with E-state index in [1.54, 1.807) is 6.92 Å². The zero-order chi connectivity index (χ0) is 14.8. The number of amides is 2. The van der Waals surface area contributed by atoms with Crippen LogP contribution in [0.25, 0.3) is 0 Å². The lowest BCUT2D eigenvalue weighted by molar-refractivity contribution is -0.122. The highest BCUT2D eigenvalue weighted by atomic mass is 16.2. The zero-order valence-corrected chi connectivity index (χ0v) is 11.5. The topological polar surface area (TPSA) is 84.2 Å². The summed E-state index contributed by atoms with van der Waals surface area (Å²) >= 11 is 0. The average molecular weight is 273 g/mol. The van der Waals surface area contributed by atoms with Gasteiger partial charge in [-0.2, -0.15) is 0 Å². The van der Waals surface area contributed by atoms with Gasteiger partial charge in [0.1, 0.15) is 0 Å². The van der Waals surface area contributed by atoms with Gasteiger partial charge in [-0.1, -0.05) is 36.3 Å². The Hall–Kier alpha value is -2.32. The maximum Gasteiger partial charge on any atom is 0.233 e. The summed E-state index contributed by atoms with van der Waals surface area (Å²) < 4.78 is 0. The minimum Gasteiger partial charge on any atom is -0.356 e. The molecule has 0 saturated heterocycles. The number of benzene rings is 1. The van der Waals surface area contributed by atoms with Crippen molar-refractivity contribution in [2.24, 2.45) is 5.73 Å². The summed E-state index contributed by atoms with van der Waals surface area (Å²) in [5, 5.41) is 5.06. The summed E-state index contributed by atoms with van der Waals surface area (Å²) in [5.41, 5.74) is 6.85. The molecule has 0 bridgehead atoms. The lowest BCUT2D eigenvalue weighted by Gasteiger charge is -2.11. The van der Waals surface area contributed by atoms with Crippen molar-refractivity contribution in [3.05, 3.63) is 35.9 Å². The molecule has 4 N–H and O–H groups in total. The number of nitrogens with one attached hydrogen (secondary N) is 2. The van der Waals surface area contributed by atoms with Crippen LogP contribution in [0.2, 0.25) is 0 Å². The first-order valence-electron chi connectivity index (χ1n) is 6.41. The Kier molecular flexibility index (Phi) is 6.87. The first-order chi connectivity index (χ1) is 9.63. The zero-order valence-electron chi connectivity index (χ0n) is 11.5. The van der Waals surface area contributed by atoms with Gasteiger partial charge in [0.25, 0.3) is 0 Å². The van der Waals surface area contributed by atoms with E-state index >= 15 is 0 Å². The summed E-state index contributed by atoms with van der Waals surface area (Å²) in [5.74, 6) is 2.17. The van der Waals surface area contributed by atoms with E-state index in [2.05, 4.69) is 22.6 Å². The third-order valence-electron chi connectivity index (χ3n) is 2.63. The van der Waals surface area contributed by atoms with Crippen molar-refractivity contribution in [2.45, 2.75) is 25.8 Å². The fourth-order valence-corrected chi connectivity index (χ4v) is 1.60. The molecule has 0 aliphatic rings. The molecular weight excluding hydrogens is 254 g/mol. The molecule has 0 radical (unpaired) electrons. The second-order valence-electron chi connectivity index (χ2n) is 4.24. The summed E-state index contributed by atoms with van der Waals surface area (Å²) in [6, 6.07) is 11.5. The molecule has 1 unspecified atom stereocenters. The minimum atomic E-state index is -0.337. The van der Waals surface area contributed by atoms with Crippen molar-refractivity contribution in [2.75, 3.05) is 6.54 Å². The van der Waals surface area contributed by atoms with Crippen LogP contribution in [-0.2, 0) is 9.59 Å². The van der Waals surface area contributed by atoms with Crippen LogP contribution in [0.5, 0.6) is 0 Å². The van der Waals surface area contributed by atoms with Crippen molar-refractivity contribution in [3.63, 3.8) is 0 Å². The molecule has 0 spiro atoms. The van der Waals surface area contributed by atoms with E-state index in [-0.39, 0.29) is 37.2 Å². The number of nitrogens with two attached hydrogens (primary N) is 1. The van der Waals surface area contributed by atoms with Gasteiger partial charge in [-0.15, -0.1) is 0 Å². The van der Waals surface area contributed by atoms with Gasteiger partial charge in [-0.05, 0) is 12.5 Å². The second kappa shape index (κ2) is 8.73. The summed E-state index contributed by atoms with van der Waals surface area (Å²) in [6.45, 7) is 1.91. The van der Waals surface area contributed by atoms with E-state index in [1.165, 1.54) is 0 Å². The molecule has 0 saturated carbocycles. The monoisotopic (exact) mass is 273 g/mol. The molecule has 0 fully saturated rings. The van der Waals surface area contributed by atoms with Gasteiger partial charge in [-0.3, -0.25) is 14.9 Å². The van der Waals surface area contributed by atoms with Crippen LogP contribution in [0.4, 0.5) is 0 Å². The van der Waals surface area contributed by atoms with Crippen LogP contribution in [0.3, 0.4) is 0 Å². The minimum absolute atomic E-state index is 0.171. The number of carbonyl (C=O) groups is 2. The van der Waals surface area contributed by atoms with Gasteiger partial charge < -0.3 is 11.1 Å². The third-order valence-corrected chi connectivity index (χ3v) is 2.63. The smallest absolute Gasteiger partial charge is 0.233 e. The maximum atomic E-state index is 11.7. The van der Waals surface area contributed by atoms with E-state index in [4.69, 9.17) is 5.73 Å². The van der Waals surface area contributed by atoms with E-state index < -0.39 is 0 Å². The second-order valence-corrected chi connectivity index (χ2v) is 4.24. The lowest BCUT2D eigenvalue weighted by Crippen LogP contribution is -2.31. The first-order valence-corrected chi connectivity index (χ1v) is 6.41. The molecule has 1 aromatic rings. The van der Waals surface area contributed by atoms with Gasteiger partial charge in [0.2, 0.25) is 11.8 Å². The van der Waals surface area contributed by atoms with Crippen LogP contribution in [0.15, 0.2) is 30.3 Å². The van der Waals surface area contributed by atoms with E-state index in [9.17, 15) is 9.59 Å². The fraction of sp³-hybridized carbons (Fsp3) is 0.333. The highest BCUT2D eigenvalue weighted by Gasteiger charge is 2.11. The number of hydrogen-bond donors (Lipinski definition) is 3. The molecule has 5 nitrogen and oxygen atoms in total. The Labute approximate surface area is 118 Å². The SMILES string of the molecule is CC#CNC(=O)CCNC(=O)CC(N)c1ccccc1. The summed E-state index contributed by atoms with van der Waals surface area (Å²) in [4.78, 5) is 22.9. The standard InChI is InChI=1S/C15H19N3O2/c1-2-9-17-14(19)8-10-18-15(20)11-13(16)12-6-4-3-5-7-12/h3-7,13H,8,10-11,16H2,1H3,(H,17,19)(H,18,20). The summed E-state index contributed by atoms with van der Waals surface area (Å²) in [6.07, 6.45) is 0.390. The van der Waals surface area contributed by atoms with Gasteiger partial charge in [0.15, 0.2) is 0 Å². The molecule has 20 heavy (non-hydrogen) atoms. The van der Waals surface area contributed by atoms with E-state index in [0.29, 0.717) is 0 Å². The van der Waals surface area contributed by atoms with E-state index in [1.807, 2.05) is 30.3 Å². The van der Waals surface area contributed by atoms with Crippen LogP contribution < -0.4 is 16.4 Å². The lowest BCUT2D eigenvalue weighted by atomic mass is 10.0. The fourth-order valence-electron chi connectivity index (χ4n) is 1.60. The Morgan fingerprint density at radius 1 is 1.25 bits per heavy atom. The Morgan fingerprint density at radius 3 is 2.60 bits per heavy atom. The van der Waals surface area contributed by atoms with Gasteiger partial charge in [0, 0.05) is 31.5 Å². The molecule has 106 valence electrons. The van der Waals surface area contributed by atoms with Crippen LogP contribution in [0, 0.1) is 12.0 Å². The number of rotatable bonds is 6. The molecule has 0 aliphatic heterocycles. The highest BCUT2D eigenvalue weighted by Crippen LogP contribution is 2.12. The third kappa shape index (κ3) is 6.03. The Morgan fingerprint density at radius 2 is 1.95 bits per heavy atom. The Bertz CT molecular complexity index is 503. The van der Waals surface area contributed by atoms with Crippen molar-refractivity contribution >= 4 is 11.8 Å². The molecule has 0 heterocycles. The van der Waals surface area contributed by atoms with Crippen molar-refractivity contribution in [3.8, 4) is 12.0 Å². The van der Waals surface area contributed by atoms with Gasteiger partial charge in [0.05, 0.1) is 0 Å².